The van der Waals surface area contributed by atoms with Gasteiger partial charge in [-0.05, 0) is 180 Å². The van der Waals surface area contributed by atoms with Crippen LogP contribution in [0.5, 0.6) is 0 Å². The molecule has 92 heavy (non-hydrogen) atoms. The summed E-state index contributed by atoms with van der Waals surface area (Å²) in [6.07, 6.45) is 0. The number of ether oxygens (including phenoxy) is 10. The van der Waals surface area contributed by atoms with Crippen molar-refractivity contribution in [2.75, 3.05) is 7.11 Å². The van der Waals surface area contributed by atoms with E-state index in [1.165, 1.54) is 13.8 Å². The first-order valence-corrected chi connectivity index (χ1v) is 27.9. The Bertz CT molecular complexity index is 2900. The Labute approximate surface area is 541 Å². The second-order valence-electron chi connectivity index (χ2n) is 29.0. The van der Waals surface area contributed by atoms with E-state index in [0.717, 1.165) is 173 Å². The highest BCUT2D eigenvalue weighted by molar-refractivity contribution is 5.83. The van der Waals surface area contributed by atoms with E-state index in [-0.39, 0.29) is 37.1 Å². The molecule has 5 fully saturated rings. The Morgan fingerprint density at radius 1 is 0.239 bits per heavy atom. The van der Waals surface area contributed by atoms with E-state index in [1.807, 2.05) is 0 Å². The van der Waals surface area contributed by atoms with Crippen molar-refractivity contribution in [2.24, 2.45) is 0 Å². The van der Waals surface area contributed by atoms with Gasteiger partial charge in [-0.1, -0.05) is 37.1 Å². The summed E-state index contributed by atoms with van der Waals surface area (Å²) in [4.78, 5) is 68.8. The molecule has 10 unspecified atom stereocenters. The number of aliphatic hydroxyl groups is 10. The van der Waals surface area contributed by atoms with Crippen molar-refractivity contribution in [3.05, 3.63) is 0 Å². The summed E-state index contributed by atoms with van der Waals surface area (Å²) in [5.74, 6) is -22.6. The molecule has 15 N–H and O–H groups in total. The van der Waals surface area contributed by atoms with Crippen LogP contribution in [0.3, 0.4) is 0 Å². The Balaban J connectivity index is 0.0000166. The zero-order chi connectivity index (χ0) is 69.5. The minimum Gasteiger partial charge on any atom is -0.479 e. The highest BCUT2D eigenvalue weighted by Gasteiger charge is 2.89. The Morgan fingerprint density at radius 2 is 0.380 bits per heavy atom. The van der Waals surface area contributed by atoms with Crippen LogP contribution in [0.2, 0.25) is 0 Å². The molecule has 0 bridgehead atoms. The molecule has 0 aromatic heterocycles. The summed E-state index contributed by atoms with van der Waals surface area (Å²) >= 11 is 0. The third-order valence-electron chi connectivity index (χ3n) is 24.7. The summed E-state index contributed by atoms with van der Waals surface area (Å²) in [5.41, 5.74) is -62.6. The molecule has 30 nitrogen and oxygen atoms in total. The van der Waals surface area contributed by atoms with Gasteiger partial charge in [0.1, 0.15) is 84.0 Å². The molecule has 0 saturated carbocycles. The minimum absolute atomic E-state index is 0. The summed E-state index contributed by atoms with van der Waals surface area (Å²) in [7, 11) is 1.01. The molecule has 0 amide bonds. The molecule has 0 aliphatic carbocycles. The van der Waals surface area contributed by atoms with Crippen molar-refractivity contribution in [1.29, 1.82) is 0 Å². The quantitative estimate of drug-likeness (QED) is 0.119. The number of carboxylic acid groups (broad SMARTS) is 5. The summed E-state index contributed by atoms with van der Waals surface area (Å²) in [6, 6.07) is 0. The second kappa shape index (κ2) is 22.3. The summed E-state index contributed by atoms with van der Waals surface area (Å²) < 4.78 is 62.4. The third-order valence-corrected chi connectivity index (χ3v) is 24.7. The first kappa shape index (κ1) is 88.5. The lowest BCUT2D eigenvalue weighted by molar-refractivity contribution is -0.543. The van der Waals surface area contributed by atoms with Gasteiger partial charge in [0.05, 0.1) is 5.60 Å². The van der Waals surface area contributed by atoms with Crippen LogP contribution in [0.25, 0.3) is 0 Å². The van der Waals surface area contributed by atoms with Crippen LogP contribution in [0, 0.1) is 0 Å². The largest absolute Gasteiger partial charge is 0.479 e. The smallest absolute Gasteiger partial charge is 0.338 e. The van der Waals surface area contributed by atoms with Crippen molar-refractivity contribution < 1.29 is 148 Å². The molecule has 24 atom stereocenters. The predicted octanol–water partition coefficient (Wildman–Crippen LogP) is 3.19. The van der Waals surface area contributed by atoms with Gasteiger partial charge in [-0.25, -0.2) is 24.0 Å². The molecular formula is C62H116O30. The van der Waals surface area contributed by atoms with Crippen molar-refractivity contribution in [1.82, 2.24) is 0 Å². The van der Waals surface area contributed by atoms with E-state index in [4.69, 9.17) is 47.4 Å². The molecule has 5 heterocycles. The third kappa shape index (κ3) is 9.12. The molecule has 0 aromatic rings. The minimum atomic E-state index is -3.38. The molecule has 5 rings (SSSR count). The summed E-state index contributed by atoms with van der Waals surface area (Å²) in [6.45, 7) is 23.1. The zero-order valence-corrected chi connectivity index (χ0v) is 54.8. The molecule has 544 valence electrons. The average Bonchev–Trinajstić information content (AvgIpc) is 0.667. The molecule has 0 radical (unpaired) electrons. The van der Waals surface area contributed by atoms with Gasteiger partial charge in [0, 0.05) is 7.11 Å². The number of carbonyl (C=O) groups is 5. The monoisotopic (exact) mass is 1340 g/mol. The first-order chi connectivity index (χ1) is 37.6. The van der Waals surface area contributed by atoms with Crippen molar-refractivity contribution in [2.45, 2.75) is 358 Å². The van der Waals surface area contributed by atoms with Gasteiger partial charge in [-0.3, -0.25) is 0 Å². The maximum absolute atomic E-state index is 14.2. The fraction of sp³-hybridized carbons (Fsp3) is 0.919. The van der Waals surface area contributed by atoms with E-state index in [0.29, 0.717) is 0 Å². The maximum Gasteiger partial charge on any atom is 0.338 e. The highest BCUT2D eigenvalue weighted by Crippen LogP contribution is 2.68. The van der Waals surface area contributed by atoms with E-state index in [1.54, 1.807) is 0 Å². The number of aliphatic carboxylic acids is 5. The first-order valence-electron chi connectivity index (χ1n) is 27.9. The second-order valence-corrected chi connectivity index (χ2v) is 29.0. The van der Waals surface area contributed by atoms with Gasteiger partial charge in [0.15, 0.2) is 51.2 Å². The van der Waals surface area contributed by atoms with E-state index in [2.05, 4.69) is 0 Å². The predicted molar refractivity (Wildman–Crippen MR) is 327 cm³/mol. The zero-order valence-electron chi connectivity index (χ0n) is 54.8. The molecule has 30 heteroatoms. The van der Waals surface area contributed by atoms with Crippen LogP contribution < -0.4 is 0 Å². The van der Waals surface area contributed by atoms with Crippen molar-refractivity contribution in [3.63, 3.8) is 0 Å². The topological polar surface area (TPSA) is 481 Å². The van der Waals surface area contributed by atoms with Crippen LogP contribution in [0.15, 0.2) is 0 Å². The van der Waals surface area contributed by atoms with Crippen molar-refractivity contribution in [3.8, 4) is 0 Å². The molecule has 5 saturated heterocycles. The van der Waals surface area contributed by atoms with Crippen LogP contribution in [-0.2, 0) is 71.3 Å². The van der Waals surface area contributed by atoms with E-state index in [9.17, 15) is 101 Å². The van der Waals surface area contributed by atoms with E-state index >= 15 is 0 Å². The number of carboxylic acids is 5. The van der Waals surface area contributed by atoms with Gasteiger partial charge in [-0.15, -0.1) is 0 Å². The maximum atomic E-state index is 14.2. The Morgan fingerprint density at radius 3 is 0.543 bits per heavy atom. The lowest BCUT2D eigenvalue weighted by Crippen LogP contribution is -2.93. The van der Waals surface area contributed by atoms with Crippen LogP contribution >= 0.6 is 0 Å². The SMILES string of the molecule is C.C.C.C.C.CO[C@]1(C)C(C)(C(=O)O)O[C@@](C)(O[C@@]2(C)C(C)(O)C(C)(O)[C@](C)(O[C@]3(C)C(C)(C(=O)O)O[C@@](C)(O[C@@]4(C)C(C)(O)C(C)(O)[C@](C)(O[C@]5(C)C(C)(C(=O)O)OC(C)(C)C(C)(O)[C@]5(C)O)O[C@@]4(C)C(=O)O)C(C)(O)[C@@]3(C)O)O[C@@]2(C)C(=O)O)C(C)(O)[C@]1(C)O. The number of hydrogen-bond donors (Lipinski definition) is 15. The summed E-state index contributed by atoms with van der Waals surface area (Å²) in [5, 5.41) is 183. The molecule has 0 aromatic carbocycles. The van der Waals surface area contributed by atoms with Gasteiger partial charge in [-0.2, -0.15) is 0 Å². The molecule has 0 spiro atoms. The van der Waals surface area contributed by atoms with E-state index < -0.39 is 171 Å². The van der Waals surface area contributed by atoms with Gasteiger partial charge >= 0.3 is 29.8 Å². The average molecular weight is 1340 g/mol. The number of methoxy groups -OCH3 is 1. The van der Waals surface area contributed by atoms with Crippen molar-refractivity contribution >= 4 is 29.8 Å². The lowest BCUT2D eigenvalue weighted by Gasteiger charge is -2.73. The Hall–Kier alpha value is -3.45. The normalized spacial score (nSPS) is 55.5. The van der Waals surface area contributed by atoms with Gasteiger partial charge in [0.25, 0.3) is 0 Å². The number of rotatable bonds is 14. The lowest BCUT2D eigenvalue weighted by atomic mass is 9.57. The fourth-order valence-corrected chi connectivity index (χ4v) is 14.5. The fourth-order valence-electron chi connectivity index (χ4n) is 14.5. The van der Waals surface area contributed by atoms with Crippen LogP contribution in [0.1, 0.15) is 217 Å². The number of hydrogen-bond acceptors (Lipinski definition) is 25. The standard InChI is InChI=1S/C57H96O30.5CH4/c1-33(2)39(8,68)40(9,69)50(19,35(4,79-33)29(60)61)84-55(24)46(15,75)42(11,71)52(21,37(6,81-55)31(64)65)86-57(26)48(17,77)44(13,73)53(22,38(7,83-57)32(66)67)87-56(25)47(16,76)43(12,72)51(20,36(5,82-56)30(62)63)85-54(23)45(14,74)41(10,70)49(18,78-27)34(3,80-54)28(58)59;;;;;/h68-77H,1-27H3,(H,58,59)(H,60,61)(H,62,63)(H,64,65)(H,66,67);5*1H4/t34?,35?,36-,37-,38?,39?,40-,41-,42?,43?,44+,45?,46?,47?,48?,49+,50+,51+,52+,53+,54-,55-,56-,57-;;;;;/m0...../s1. The van der Waals surface area contributed by atoms with Crippen LogP contribution in [-0.4, -0.2) is 254 Å². The molecule has 5 aliphatic rings. The van der Waals surface area contributed by atoms with Gasteiger partial charge < -0.3 is 124 Å². The highest BCUT2D eigenvalue weighted by atomic mass is 16.8. The van der Waals surface area contributed by atoms with Gasteiger partial charge in [0.2, 0.25) is 0 Å². The van der Waals surface area contributed by atoms with Crippen LogP contribution in [0.4, 0.5) is 0 Å². The molecular weight excluding hydrogens is 1220 g/mol. The Kier molecular flexibility index (Phi) is 21.4. The molecule has 5 aliphatic heterocycles.